The van der Waals surface area contributed by atoms with Crippen LogP contribution in [0.3, 0.4) is 0 Å². The van der Waals surface area contributed by atoms with E-state index < -0.39 is 9.84 Å². The van der Waals surface area contributed by atoms with Gasteiger partial charge in [0.05, 0.1) is 28.6 Å². The number of amides is 1. The molecule has 2 aliphatic rings. The van der Waals surface area contributed by atoms with Crippen LogP contribution >= 0.6 is 0 Å². The number of benzene rings is 1. The molecule has 2 aliphatic heterocycles. The third-order valence-electron chi connectivity index (χ3n) is 3.70. The fourth-order valence-corrected chi connectivity index (χ4v) is 4.01. The summed E-state index contributed by atoms with van der Waals surface area (Å²) in [7, 11) is -2.89. The fourth-order valence-electron chi connectivity index (χ4n) is 2.52. The van der Waals surface area contributed by atoms with Crippen LogP contribution < -0.4 is 21.1 Å². The van der Waals surface area contributed by atoms with Gasteiger partial charge in [-0.15, -0.1) is 0 Å². The van der Waals surface area contributed by atoms with Gasteiger partial charge in [0.15, 0.2) is 6.61 Å². The lowest BCUT2D eigenvalue weighted by Crippen LogP contribution is -2.32. The van der Waals surface area contributed by atoms with Gasteiger partial charge in [0.25, 0.3) is 5.91 Å². The molecule has 1 amide bonds. The first kappa shape index (κ1) is 14.0. The molecule has 0 atom stereocenters. The Labute approximate surface area is 122 Å². The molecule has 1 saturated heterocycles. The molecule has 0 aromatic heterocycles. The van der Waals surface area contributed by atoms with E-state index in [2.05, 4.69) is 10.6 Å². The molecule has 0 unspecified atom stereocenters. The minimum Gasteiger partial charge on any atom is -0.482 e. The van der Waals surface area contributed by atoms with Crippen molar-refractivity contribution in [2.45, 2.75) is 18.9 Å². The molecule has 0 saturated carbocycles. The second kappa shape index (κ2) is 5.10. The largest absolute Gasteiger partial charge is 0.482 e. The summed E-state index contributed by atoms with van der Waals surface area (Å²) in [5.74, 6) is 0.718. The van der Waals surface area contributed by atoms with Crippen molar-refractivity contribution < 1.29 is 17.9 Å². The molecule has 3 rings (SSSR count). The number of nitrogen functional groups attached to an aromatic ring is 1. The zero-order chi connectivity index (χ0) is 15.0. The van der Waals surface area contributed by atoms with E-state index in [1.807, 2.05) is 0 Å². The molecule has 8 heteroatoms. The number of nitrogens with two attached hydrogens (primary N) is 1. The van der Waals surface area contributed by atoms with Crippen LogP contribution in [0.15, 0.2) is 12.1 Å². The predicted octanol–water partition coefficient (Wildman–Crippen LogP) is 0.589. The van der Waals surface area contributed by atoms with Crippen LogP contribution in [0.5, 0.6) is 5.75 Å². The first-order valence-corrected chi connectivity index (χ1v) is 8.58. The zero-order valence-electron chi connectivity index (χ0n) is 11.4. The van der Waals surface area contributed by atoms with Crippen molar-refractivity contribution in [3.8, 4) is 5.75 Å². The zero-order valence-corrected chi connectivity index (χ0v) is 12.2. The number of fused-ring (bicyclic) bond motifs is 1. The SMILES string of the molecule is Nc1cc2c(cc1NC1CCS(=O)(=O)CC1)NC(=O)CO2. The van der Waals surface area contributed by atoms with Crippen molar-refractivity contribution in [3.05, 3.63) is 12.1 Å². The third kappa shape index (κ3) is 3.05. The Morgan fingerprint density at radius 2 is 2.00 bits per heavy atom. The second-order valence-electron chi connectivity index (χ2n) is 5.34. The second-order valence-corrected chi connectivity index (χ2v) is 7.65. The third-order valence-corrected chi connectivity index (χ3v) is 5.41. The standard InChI is InChI=1S/C13H17N3O4S/c14-9-5-12-11(16-13(17)7-20-12)6-10(9)15-8-1-3-21(18,19)4-2-8/h5-6,8,15H,1-4,7,14H2,(H,16,17). The molecule has 0 spiro atoms. The number of rotatable bonds is 2. The summed E-state index contributed by atoms with van der Waals surface area (Å²) in [5.41, 5.74) is 7.75. The molecule has 0 radical (unpaired) electrons. The van der Waals surface area contributed by atoms with Crippen molar-refractivity contribution in [1.29, 1.82) is 0 Å². The van der Waals surface area contributed by atoms with Crippen molar-refractivity contribution in [1.82, 2.24) is 0 Å². The van der Waals surface area contributed by atoms with E-state index in [4.69, 9.17) is 10.5 Å². The summed E-state index contributed by atoms with van der Waals surface area (Å²) in [4.78, 5) is 11.3. The highest BCUT2D eigenvalue weighted by Crippen LogP contribution is 2.36. The van der Waals surface area contributed by atoms with Gasteiger partial charge in [0, 0.05) is 12.1 Å². The number of carbonyl (C=O) groups is 1. The molecular weight excluding hydrogens is 294 g/mol. The maximum atomic E-state index is 11.4. The summed E-state index contributed by atoms with van der Waals surface area (Å²) in [5, 5.41) is 5.98. The minimum atomic E-state index is -2.89. The quantitative estimate of drug-likeness (QED) is 0.689. The van der Waals surface area contributed by atoms with Gasteiger partial charge in [-0.2, -0.15) is 0 Å². The maximum Gasteiger partial charge on any atom is 0.262 e. The lowest BCUT2D eigenvalue weighted by molar-refractivity contribution is -0.118. The van der Waals surface area contributed by atoms with E-state index in [0.717, 1.165) is 0 Å². The van der Waals surface area contributed by atoms with Crippen LogP contribution in [-0.2, 0) is 14.6 Å². The highest BCUT2D eigenvalue weighted by Gasteiger charge is 2.25. The van der Waals surface area contributed by atoms with Crippen LogP contribution in [-0.4, -0.2) is 38.5 Å². The van der Waals surface area contributed by atoms with Crippen molar-refractivity contribution in [2.75, 3.05) is 34.5 Å². The number of ether oxygens (including phenoxy) is 1. The fraction of sp³-hybridized carbons (Fsp3) is 0.462. The van der Waals surface area contributed by atoms with Gasteiger partial charge < -0.3 is 21.1 Å². The highest BCUT2D eigenvalue weighted by atomic mass is 32.2. The lowest BCUT2D eigenvalue weighted by Gasteiger charge is -2.26. The van der Waals surface area contributed by atoms with Crippen LogP contribution in [0.25, 0.3) is 0 Å². The molecule has 2 heterocycles. The molecular formula is C13H17N3O4S. The summed E-state index contributed by atoms with van der Waals surface area (Å²) in [6, 6.07) is 3.45. The Bertz CT molecular complexity index is 673. The average molecular weight is 311 g/mol. The topological polar surface area (TPSA) is 111 Å². The van der Waals surface area contributed by atoms with Crippen LogP contribution in [0, 0.1) is 0 Å². The summed E-state index contributed by atoms with van der Waals surface area (Å²) in [6.45, 7) is -0.0142. The molecule has 4 N–H and O–H groups in total. The molecule has 0 bridgehead atoms. The lowest BCUT2D eigenvalue weighted by atomic mass is 10.1. The predicted molar refractivity (Wildman–Crippen MR) is 80.3 cm³/mol. The van der Waals surface area contributed by atoms with E-state index in [9.17, 15) is 13.2 Å². The number of carbonyl (C=O) groups excluding carboxylic acids is 1. The summed E-state index contributed by atoms with van der Waals surface area (Å²) in [6.07, 6.45) is 1.11. The monoisotopic (exact) mass is 311 g/mol. The van der Waals surface area contributed by atoms with Crippen LogP contribution in [0.4, 0.5) is 17.1 Å². The number of nitrogens with one attached hydrogen (secondary N) is 2. The van der Waals surface area contributed by atoms with Gasteiger partial charge in [0.1, 0.15) is 15.6 Å². The van der Waals surface area contributed by atoms with Crippen molar-refractivity contribution >= 4 is 32.8 Å². The Morgan fingerprint density at radius 3 is 2.71 bits per heavy atom. The van der Waals surface area contributed by atoms with Gasteiger partial charge >= 0.3 is 0 Å². The number of sulfone groups is 1. The van der Waals surface area contributed by atoms with Gasteiger partial charge in [-0.25, -0.2) is 8.42 Å². The van der Waals surface area contributed by atoms with Gasteiger partial charge in [0.2, 0.25) is 0 Å². The Kier molecular flexibility index (Phi) is 3.40. The smallest absolute Gasteiger partial charge is 0.262 e. The van der Waals surface area contributed by atoms with Gasteiger partial charge in [-0.05, 0) is 18.9 Å². The average Bonchev–Trinajstić information content (AvgIpc) is 2.42. The first-order valence-electron chi connectivity index (χ1n) is 6.76. The minimum absolute atomic E-state index is 0.0142. The molecule has 1 aromatic carbocycles. The summed E-state index contributed by atoms with van der Waals surface area (Å²) < 4.78 is 28.1. The number of anilines is 3. The Balaban J connectivity index is 1.77. The Morgan fingerprint density at radius 1 is 1.29 bits per heavy atom. The van der Waals surface area contributed by atoms with E-state index in [0.29, 0.717) is 35.7 Å². The molecule has 0 aliphatic carbocycles. The number of hydrogen-bond acceptors (Lipinski definition) is 6. The van der Waals surface area contributed by atoms with Gasteiger partial charge in [-0.1, -0.05) is 0 Å². The van der Waals surface area contributed by atoms with Crippen molar-refractivity contribution in [3.63, 3.8) is 0 Å². The van der Waals surface area contributed by atoms with E-state index in [1.54, 1.807) is 12.1 Å². The first-order chi connectivity index (χ1) is 9.93. The van der Waals surface area contributed by atoms with Crippen LogP contribution in [0.1, 0.15) is 12.8 Å². The normalized spacial score (nSPS) is 21.0. The molecule has 114 valence electrons. The van der Waals surface area contributed by atoms with E-state index >= 15 is 0 Å². The van der Waals surface area contributed by atoms with E-state index in [1.165, 1.54) is 0 Å². The Hall–Kier alpha value is -1.96. The maximum absolute atomic E-state index is 11.4. The van der Waals surface area contributed by atoms with Crippen LogP contribution in [0.2, 0.25) is 0 Å². The molecule has 7 nitrogen and oxygen atoms in total. The van der Waals surface area contributed by atoms with Gasteiger partial charge in [-0.3, -0.25) is 4.79 Å². The van der Waals surface area contributed by atoms with Crippen molar-refractivity contribution in [2.24, 2.45) is 0 Å². The summed E-state index contributed by atoms with van der Waals surface area (Å²) >= 11 is 0. The highest BCUT2D eigenvalue weighted by molar-refractivity contribution is 7.91. The molecule has 21 heavy (non-hydrogen) atoms. The molecule has 1 aromatic rings. The van der Waals surface area contributed by atoms with E-state index in [-0.39, 0.29) is 30.1 Å². The number of hydrogen-bond donors (Lipinski definition) is 3. The molecule has 1 fully saturated rings.